The summed E-state index contributed by atoms with van der Waals surface area (Å²) in [6, 6.07) is 0. The highest BCUT2D eigenvalue weighted by Crippen LogP contribution is 2.17. The van der Waals surface area contributed by atoms with Gasteiger partial charge in [-0.1, -0.05) is 6.92 Å². The van der Waals surface area contributed by atoms with Crippen molar-refractivity contribution in [2.75, 3.05) is 39.3 Å². The van der Waals surface area contributed by atoms with Crippen LogP contribution in [0, 0.1) is 5.92 Å². The molecule has 2 fully saturated rings. The van der Waals surface area contributed by atoms with Crippen molar-refractivity contribution < 1.29 is 4.74 Å². The van der Waals surface area contributed by atoms with E-state index in [4.69, 9.17) is 4.74 Å². The van der Waals surface area contributed by atoms with E-state index in [0.29, 0.717) is 6.10 Å². The summed E-state index contributed by atoms with van der Waals surface area (Å²) in [4.78, 5) is 2.66. The van der Waals surface area contributed by atoms with Gasteiger partial charge in [-0.05, 0) is 64.1 Å². The van der Waals surface area contributed by atoms with Gasteiger partial charge in [0.05, 0.1) is 6.10 Å². The zero-order chi connectivity index (χ0) is 12.6. The van der Waals surface area contributed by atoms with Crippen LogP contribution in [0.5, 0.6) is 0 Å². The van der Waals surface area contributed by atoms with Gasteiger partial charge in [0.2, 0.25) is 0 Å². The Hall–Kier alpha value is -0.120. The zero-order valence-corrected chi connectivity index (χ0v) is 12.0. The number of rotatable bonds is 6. The molecule has 2 rings (SSSR count). The summed E-state index contributed by atoms with van der Waals surface area (Å²) < 4.78 is 5.89. The van der Waals surface area contributed by atoms with Crippen molar-refractivity contribution in [2.24, 2.45) is 5.92 Å². The fourth-order valence-corrected chi connectivity index (χ4v) is 3.24. The number of ether oxygens (including phenoxy) is 1. The van der Waals surface area contributed by atoms with Crippen LogP contribution in [0.2, 0.25) is 0 Å². The van der Waals surface area contributed by atoms with Gasteiger partial charge in [0, 0.05) is 19.7 Å². The van der Waals surface area contributed by atoms with Crippen molar-refractivity contribution in [3.63, 3.8) is 0 Å². The van der Waals surface area contributed by atoms with Gasteiger partial charge in [-0.3, -0.25) is 0 Å². The van der Waals surface area contributed by atoms with E-state index in [-0.39, 0.29) is 0 Å². The summed E-state index contributed by atoms with van der Waals surface area (Å²) in [5.41, 5.74) is 0. The van der Waals surface area contributed by atoms with E-state index in [1.54, 1.807) is 0 Å². The minimum atomic E-state index is 0.506. The van der Waals surface area contributed by atoms with Gasteiger partial charge >= 0.3 is 0 Å². The van der Waals surface area contributed by atoms with Gasteiger partial charge in [0.1, 0.15) is 0 Å². The molecule has 0 aliphatic carbocycles. The molecule has 0 bridgehead atoms. The zero-order valence-electron chi connectivity index (χ0n) is 12.0. The first-order valence-corrected chi connectivity index (χ1v) is 7.93. The smallest absolute Gasteiger partial charge is 0.0702 e. The molecule has 18 heavy (non-hydrogen) atoms. The first kappa shape index (κ1) is 14.3. The van der Waals surface area contributed by atoms with Gasteiger partial charge in [0.15, 0.2) is 0 Å². The topological polar surface area (TPSA) is 24.5 Å². The number of nitrogens with zero attached hydrogens (tertiary/aromatic N) is 1. The molecule has 0 radical (unpaired) electrons. The summed E-state index contributed by atoms with van der Waals surface area (Å²) in [7, 11) is 0. The first-order chi connectivity index (χ1) is 8.88. The lowest BCUT2D eigenvalue weighted by Crippen LogP contribution is -2.41. The predicted octanol–water partition coefficient (Wildman–Crippen LogP) is 2.27. The van der Waals surface area contributed by atoms with Crippen molar-refractivity contribution in [1.29, 1.82) is 0 Å². The largest absolute Gasteiger partial charge is 0.377 e. The highest BCUT2D eigenvalue weighted by atomic mass is 16.5. The minimum Gasteiger partial charge on any atom is -0.377 e. The lowest BCUT2D eigenvalue weighted by atomic mass is 9.97. The van der Waals surface area contributed by atoms with Gasteiger partial charge < -0.3 is 15.0 Å². The molecule has 0 aromatic rings. The lowest BCUT2D eigenvalue weighted by molar-refractivity contribution is -0.00884. The highest BCUT2D eigenvalue weighted by molar-refractivity contribution is 4.75. The van der Waals surface area contributed by atoms with Crippen LogP contribution in [0.3, 0.4) is 0 Å². The predicted molar refractivity (Wildman–Crippen MR) is 75.9 cm³/mol. The summed E-state index contributed by atoms with van der Waals surface area (Å²) >= 11 is 0. The molecule has 2 heterocycles. The minimum absolute atomic E-state index is 0.506. The third kappa shape index (κ3) is 4.87. The lowest BCUT2D eigenvalue weighted by Gasteiger charge is -2.33. The highest BCUT2D eigenvalue weighted by Gasteiger charge is 2.21. The van der Waals surface area contributed by atoms with Gasteiger partial charge in [-0.15, -0.1) is 0 Å². The molecule has 3 nitrogen and oxygen atoms in total. The molecular formula is C15H30N2O. The summed E-state index contributed by atoms with van der Waals surface area (Å²) in [6.07, 6.45) is 8.37. The third-order valence-electron chi connectivity index (χ3n) is 4.25. The molecule has 2 aliphatic heterocycles. The maximum Gasteiger partial charge on any atom is 0.0702 e. The standard InChI is InChI=1S/C15H30N2O/c1-2-10-17(12-14-6-8-16-9-7-14)13-15-5-3-4-11-18-15/h14-16H,2-13H2,1H3. The van der Waals surface area contributed by atoms with Crippen molar-refractivity contribution in [3.8, 4) is 0 Å². The Bertz CT molecular complexity index is 191. The average Bonchev–Trinajstić information content (AvgIpc) is 2.41. The van der Waals surface area contributed by atoms with E-state index in [0.717, 1.165) is 19.1 Å². The fourth-order valence-electron chi connectivity index (χ4n) is 3.24. The van der Waals surface area contributed by atoms with Crippen LogP contribution in [0.4, 0.5) is 0 Å². The van der Waals surface area contributed by atoms with E-state index in [1.165, 1.54) is 64.7 Å². The molecule has 1 N–H and O–H groups in total. The number of hydrogen-bond donors (Lipinski definition) is 1. The van der Waals surface area contributed by atoms with Gasteiger partial charge in [-0.25, -0.2) is 0 Å². The van der Waals surface area contributed by atoms with Crippen LogP contribution in [-0.4, -0.2) is 50.3 Å². The number of hydrogen-bond acceptors (Lipinski definition) is 3. The molecule has 1 atom stereocenters. The second kappa shape index (κ2) is 8.13. The van der Waals surface area contributed by atoms with E-state index >= 15 is 0 Å². The van der Waals surface area contributed by atoms with Crippen molar-refractivity contribution in [2.45, 2.75) is 51.6 Å². The second-order valence-electron chi connectivity index (χ2n) is 5.94. The molecule has 0 aromatic carbocycles. The SMILES string of the molecule is CCCN(CC1CCNCC1)CC1CCCCO1. The van der Waals surface area contributed by atoms with E-state index in [9.17, 15) is 0 Å². The van der Waals surface area contributed by atoms with E-state index in [2.05, 4.69) is 17.1 Å². The number of piperidine rings is 1. The second-order valence-corrected chi connectivity index (χ2v) is 5.94. The summed E-state index contributed by atoms with van der Waals surface area (Å²) in [5.74, 6) is 0.904. The third-order valence-corrected chi connectivity index (χ3v) is 4.25. The molecule has 3 heteroatoms. The summed E-state index contributed by atoms with van der Waals surface area (Å²) in [5, 5.41) is 3.46. The fraction of sp³-hybridized carbons (Fsp3) is 1.00. The molecule has 0 spiro atoms. The Morgan fingerprint density at radius 1 is 1.11 bits per heavy atom. The van der Waals surface area contributed by atoms with Crippen molar-refractivity contribution in [1.82, 2.24) is 10.2 Å². The Kier molecular flexibility index (Phi) is 6.46. The Balaban J connectivity index is 1.74. The normalized spacial score (nSPS) is 26.7. The monoisotopic (exact) mass is 254 g/mol. The van der Waals surface area contributed by atoms with Crippen molar-refractivity contribution >= 4 is 0 Å². The Morgan fingerprint density at radius 2 is 1.94 bits per heavy atom. The van der Waals surface area contributed by atoms with Crippen LogP contribution >= 0.6 is 0 Å². The van der Waals surface area contributed by atoms with E-state index in [1.807, 2.05) is 0 Å². The van der Waals surface area contributed by atoms with Gasteiger partial charge in [-0.2, -0.15) is 0 Å². The average molecular weight is 254 g/mol. The summed E-state index contributed by atoms with van der Waals surface area (Å²) in [6.45, 7) is 9.39. The molecule has 106 valence electrons. The maximum atomic E-state index is 5.89. The van der Waals surface area contributed by atoms with Crippen LogP contribution < -0.4 is 5.32 Å². The molecule has 0 amide bonds. The van der Waals surface area contributed by atoms with Crippen LogP contribution in [0.25, 0.3) is 0 Å². The molecule has 0 saturated carbocycles. The van der Waals surface area contributed by atoms with Crippen molar-refractivity contribution in [3.05, 3.63) is 0 Å². The first-order valence-electron chi connectivity index (χ1n) is 7.93. The van der Waals surface area contributed by atoms with Crippen LogP contribution in [-0.2, 0) is 4.74 Å². The molecule has 2 saturated heterocycles. The van der Waals surface area contributed by atoms with Crippen LogP contribution in [0.1, 0.15) is 45.4 Å². The molecule has 1 unspecified atom stereocenters. The number of nitrogens with one attached hydrogen (secondary N) is 1. The Morgan fingerprint density at radius 3 is 2.61 bits per heavy atom. The van der Waals surface area contributed by atoms with Gasteiger partial charge in [0.25, 0.3) is 0 Å². The van der Waals surface area contributed by atoms with E-state index < -0.39 is 0 Å². The Labute approximate surface area is 112 Å². The quantitative estimate of drug-likeness (QED) is 0.787. The maximum absolute atomic E-state index is 5.89. The van der Waals surface area contributed by atoms with Crippen LogP contribution in [0.15, 0.2) is 0 Å². The molecule has 0 aromatic heterocycles. The molecule has 2 aliphatic rings. The molecular weight excluding hydrogens is 224 g/mol.